The van der Waals surface area contributed by atoms with Crippen LogP contribution in [0.2, 0.25) is 5.02 Å². The fourth-order valence-corrected chi connectivity index (χ4v) is 2.86. The van der Waals surface area contributed by atoms with Crippen LogP contribution in [-0.2, 0) is 0 Å². The van der Waals surface area contributed by atoms with E-state index in [1.54, 1.807) is 6.07 Å². The highest BCUT2D eigenvalue weighted by atomic mass is 35.5. The van der Waals surface area contributed by atoms with E-state index in [-0.39, 0.29) is 24.4 Å². The third-order valence-electron chi connectivity index (χ3n) is 3.80. The number of hydrogen-bond donors (Lipinski definition) is 2. The number of piperidine rings is 1. The van der Waals surface area contributed by atoms with Gasteiger partial charge in [-0.1, -0.05) is 23.7 Å². The third-order valence-corrected chi connectivity index (χ3v) is 4.09. The second-order valence-electron chi connectivity index (χ2n) is 5.17. The Balaban J connectivity index is 0.00000161. The van der Waals surface area contributed by atoms with Crippen molar-refractivity contribution in [3.05, 3.63) is 34.5 Å². The van der Waals surface area contributed by atoms with E-state index in [9.17, 15) is 4.79 Å². The van der Waals surface area contributed by atoms with Crippen molar-refractivity contribution in [1.82, 2.24) is 10.6 Å². The summed E-state index contributed by atoms with van der Waals surface area (Å²) in [7, 11) is 0. The van der Waals surface area contributed by atoms with Crippen molar-refractivity contribution in [1.29, 1.82) is 0 Å². The van der Waals surface area contributed by atoms with Gasteiger partial charge in [0.15, 0.2) is 11.3 Å². The number of carbonyl (C=O) groups excluding carboxylic acids is 1. The SMILES string of the molecule is Cc1c(C(=O)NC2CCNCC2)oc2c(Cl)cccc12.Cl. The third kappa shape index (κ3) is 3.18. The van der Waals surface area contributed by atoms with Crippen LogP contribution in [-0.4, -0.2) is 25.0 Å². The maximum absolute atomic E-state index is 12.3. The van der Waals surface area contributed by atoms with Crippen molar-refractivity contribution in [3.63, 3.8) is 0 Å². The largest absolute Gasteiger partial charge is 0.449 e. The van der Waals surface area contributed by atoms with Crippen molar-refractivity contribution in [2.75, 3.05) is 13.1 Å². The molecule has 1 saturated heterocycles. The summed E-state index contributed by atoms with van der Waals surface area (Å²) < 4.78 is 5.67. The number of fused-ring (bicyclic) bond motifs is 1. The van der Waals surface area contributed by atoms with Gasteiger partial charge in [0.2, 0.25) is 0 Å². The Morgan fingerprint density at radius 2 is 2.10 bits per heavy atom. The van der Waals surface area contributed by atoms with Crippen LogP contribution < -0.4 is 10.6 Å². The van der Waals surface area contributed by atoms with E-state index in [0.29, 0.717) is 16.4 Å². The average molecular weight is 329 g/mol. The molecule has 0 atom stereocenters. The number of carbonyl (C=O) groups is 1. The molecule has 2 N–H and O–H groups in total. The van der Waals surface area contributed by atoms with Gasteiger partial charge in [0.05, 0.1) is 5.02 Å². The number of halogens is 2. The zero-order valence-corrected chi connectivity index (χ0v) is 13.3. The van der Waals surface area contributed by atoms with Crippen LogP contribution in [0, 0.1) is 6.92 Å². The lowest BCUT2D eigenvalue weighted by Gasteiger charge is -2.23. The topological polar surface area (TPSA) is 54.3 Å². The molecule has 1 aromatic carbocycles. The van der Waals surface area contributed by atoms with E-state index in [1.165, 1.54) is 0 Å². The van der Waals surface area contributed by atoms with E-state index < -0.39 is 0 Å². The van der Waals surface area contributed by atoms with Crippen LogP contribution in [0.4, 0.5) is 0 Å². The highest BCUT2D eigenvalue weighted by Gasteiger charge is 2.22. The Kier molecular flexibility index (Phi) is 5.14. The number of nitrogens with one attached hydrogen (secondary N) is 2. The molecule has 0 radical (unpaired) electrons. The van der Waals surface area contributed by atoms with Crippen LogP contribution in [0.5, 0.6) is 0 Å². The summed E-state index contributed by atoms with van der Waals surface area (Å²) in [4.78, 5) is 12.3. The molecule has 2 heterocycles. The molecule has 6 heteroatoms. The molecule has 1 fully saturated rings. The van der Waals surface area contributed by atoms with Gasteiger partial charge in [-0.15, -0.1) is 12.4 Å². The van der Waals surface area contributed by atoms with Crippen LogP contribution in [0.3, 0.4) is 0 Å². The number of furan rings is 1. The summed E-state index contributed by atoms with van der Waals surface area (Å²) in [6, 6.07) is 5.76. The molecule has 1 aromatic heterocycles. The van der Waals surface area contributed by atoms with E-state index in [0.717, 1.165) is 36.9 Å². The van der Waals surface area contributed by atoms with Crippen molar-refractivity contribution < 1.29 is 9.21 Å². The lowest BCUT2D eigenvalue weighted by molar-refractivity contribution is 0.0903. The van der Waals surface area contributed by atoms with Crippen molar-refractivity contribution in [3.8, 4) is 0 Å². The number of amides is 1. The predicted molar refractivity (Wildman–Crippen MR) is 86.6 cm³/mol. The molecule has 0 bridgehead atoms. The zero-order chi connectivity index (χ0) is 14.1. The molecule has 0 aliphatic carbocycles. The molecule has 1 aliphatic rings. The molecule has 2 aromatic rings. The predicted octanol–water partition coefficient (Wildman–Crippen LogP) is 3.30. The van der Waals surface area contributed by atoms with Crippen LogP contribution in [0.15, 0.2) is 22.6 Å². The quantitative estimate of drug-likeness (QED) is 0.889. The maximum Gasteiger partial charge on any atom is 0.287 e. The van der Waals surface area contributed by atoms with Gasteiger partial charge in [0, 0.05) is 17.0 Å². The number of hydrogen-bond acceptors (Lipinski definition) is 3. The maximum atomic E-state index is 12.3. The molecule has 0 unspecified atom stereocenters. The van der Waals surface area contributed by atoms with E-state index in [4.69, 9.17) is 16.0 Å². The zero-order valence-electron chi connectivity index (χ0n) is 11.7. The van der Waals surface area contributed by atoms with Crippen molar-refractivity contribution in [2.45, 2.75) is 25.8 Å². The molecule has 0 saturated carbocycles. The molecule has 4 nitrogen and oxygen atoms in total. The lowest BCUT2D eigenvalue weighted by Crippen LogP contribution is -2.42. The Bertz CT molecular complexity index is 648. The first-order valence-corrected chi connectivity index (χ1v) is 7.24. The summed E-state index contributed by atoms with van der Waals surface area (Å²) >= 11 is 6.11. The monoisotopic (exact) mass is 328 g/mol. The van der Waals surface area contributed by atoms with E-state index >= 15 is 0 Å². The van der Waals surface area contributed by atoms with Crippen LogP contribution in [0.25, 0.3) is 11.0 Å². The fraction of sp³-hybridized carbons (Fsp3) is 0.400. The van der Waals surface area contributed by atoms with E-state index in [1.807, 2.05) is 19.1 Å². The first kappa shape index (κ1) is 16.1. The van der Waals surface area contributed by atoms with Gasteiger partial charge in [-0.05, 0) is 38.9 Å². The Labute approximate surface area is 134 Å². The number of benzene rings is 1. The normalized spacial score (nSPS) is 15.7. The van der Waals surface area contributed by atoms with Gasteiger partial charge < -0.3 is 15.1 Å². The van der Waals surface area contributed by atoms with Gasteiger partial charge in [-0.2, -0.15) is 0 Å². The molecule has 1 aliphatic heterocycles. The molecule has 114 valence electrons. The molecule has 21 heavy (non-hydrogen) atoms. The van der Waals surface area contributed by atoms with Crippen LogP contribution >= 0.6 is 24.0 Å². The Morgan fingerprint density at radius 1 is 1.38 bits per heavy atom. The highest BCUT2D eigenvalue weighted by molar-refractivity contribution is 6.35. The van der Waals surface area contributed by atoms with Gasteiger partial charge in [0.1, 0.15) is 0 Å². The number of rotatable bonds is 2. The number of aryl methyl sites for hydroxylation is 1. The van der Waals surface area contributed by atoms with Gasteiger partial charge >= 0.3 is 0 Å². The van der Waals surface area contributed by atoms with Crippen LogP contribution in [0.1, 0.15) is 29.0 Å². The Hall–Kier alpha value is -1.23. The van der Waals surface area contributed by atoms with E-state index in [2.05, 4.69) is 10.6 Å². The summed E-state index contributed by atoms with van der Waals surface area (Å²) in [6.45, 7) is 3.77. The molecule has 3 rings (SSSR count). The first-order valence-electron chi connectivity index (χ1n) is 6.86. The van der Waals surface area contributed by atoms with Gasteiger partial charge in [-0.3, -0.25) is 4.79 Å². The highest BCUT2D eigenvalue weighted by Crippen LogP contribution is 2.30. The minimum Gasteiger partial charge on any atom is -0.449 e. The number of para-hydroxylation sites is 1. The van der Waals surface area contributed by atoms with Crippen molar-refractivity contribution >= 4 is 40.9 Å². The second-order valence-corrected chi connectivity index (χ2v) is 5.58. The second kappa shape index (κ2) is 6.69. The summed E-state index contributed by atoms with van der Waals surface area (Å²) in [5.41, 5.74) is 1.43. The summed E-state index contributed by atoms with van der Waals surface area (Å²) in [5.74, 6) is 0.216. The molecular formula is C15H18Cl2N2O2. The first-order chi connectivity index (χ1) is 9.66. The van der Waals surface area contributed by atoms with Gasteiger partial charge in [0.25, 0.3) is 5.91 Å². The average Bonchev–Trinajstić information content (AvgIpc) is 2.79. The minimum absolute atomic E-state index is 0. The summed E-state index contributed by atoms with van der Waals surface area (Å²) in [5, 5.41) is 7.75. The molecular weight excluding hydrogens is 311 g/mol. The van der Waals surface area contributed by atoms with Gasteiger partial charge in [-0.25, -0.2) is 0 Å². The van der Waals surface area contributed by atoms with Crippen molar-refractivity contribution in [2.24, 2.45) is 0 Å². The fourth-order valence-electron chi connectivity index (χ4n) is 2.64. The standard InChI is InChI=1S/C15H17ClN2O2.ClH/c1-9-11-3-2-4-12(16)14(11)20-13(9)15(19)18-10-5-7-17-8-6-10;/h2-4,10,17H,5-8H2,1H3,(H,18,19);1H. The Morgan fingerprint density at radius 3 is 2.76 bits per heavy atom. The molecule has 0 spiro atoms. The minimum atomic E-state index is -0.151. The lowest BCUT2D eigenvalue weighted by atomic mass is 10.1. The molecule has 1 amide bonds. The smallest absolute Gasteiger partial charge is 0.287 e. The summed E-state index contributed by atoms with van der Waals surface area (Å²) in [6.07, 6.45) is 1.90.